The summed E-state index contributed by atoms with van der Waals surface area (Å²) in [6.07, 6.45) is -5.31. The van der Waals surface area contributed by atoms with Crippen molar-refractivity contribution in [3.8, 4) is 5.75 Å². The highest BCUT2D eigenvalue weighted by Gasteiger charge is 2.30. The van der Waals surface area contributed by atoms with Crippen molar-refractivity contribution in [1.82, 2.24) is 10.0 Å². The maximum Gasteiger partial charge on any atom is 0.416 e. The van der Waals surface area contributed by atoms with Crippen LogP contribution in [0, 0.1) is 5.82 Å². The lowest BCUT2D eigenvalue weighted by molar-refractivity contribution is -0.137. The van der Waals surface area contributed by atoms with Crippen LogP contribution in [0.5, 0.6) is 5.75 Å². The van der Waals surface area contributed by atoms with Crippen molar-refractivity contribution in [3.63, 3.8) is 0 Å². The second-order valence-corrected chi connectivity index (χ2v) is 12.2. The van der Waals surface area contributed by atoms with Crippen LogP contribution in [0.25, 0.3) is 0 Å². The van der Waals surface area contributed by atoms with Gasteiger partial charge in [-0.05, 0) is 71.6 Å². The predicted molar refractivity (Wildman–Crippen MR) is 164 cm³/mol. The molecular weight excluding hydrogens is 626 g/mol. The van der Waals surface area contributed by atoms with Gasteiger partial charge in [0.15, 0.2) is 0 Å². The summed E-state index contributed by atoms with van der Waals surface area (Å²) < 4.78 is 92.3. The van der Waals surface area contributed by atoms with Crippen molar-refractivity contribution in [2.24, 2.45) is 5.73 Å². The SMILES string of the molecule is COc1cccc(CNS(=O)(=O)c2cccc(C(=O)O[C@H](CNCc3cccc(C(F)(F)F)c3)[C@@H](N)Cc3ccc(F)cc3)c2)c1. The van der Waals surface area contributed by atoms with Crippen LogP contribution in [0.15, 0.2) is 102 Å². The first kappa shape index (κ1) is 34.6. The van der Waals surface area contributed by atoms with Gasteiger partial charge in [0.05, 0.1) is 23.1 Å². The summed E-state index contributed by atoms with van der Waals surface area (Å²) in [6, 6.07) is 21.8. The number of hydrogen-bond acceptors (Lipinski definition) is 7. The van der Waals surface area contributed by atoms with Gasteiger partial charge in [0.25, 0.3) is 0 Å². The number of rotatable bonds is 14. The maximum absolute atomic E-state index is 13.4. The van der Waals surface area contributed by atoms with Gasteiger partial charge in [-0.2, -0.15) is 13.2 Å². The van der Waals surface area contributed by atoms with Crippen molar-refractivity contribution in [2.75, 3.05) is 13.7 Å². The van der Waals surface area contributed by atoms with Crippen LogP contribution >= 0.6 is 0 Å². The standard InChI is InChI=1S/C33H33F4N3O5S/c1-44-28-9-3-6-24(16-28)20-40-46(42,43)29-10-4-7-25(18-29)32(41)45-31(30(38)17-22-11-13-27(34)14-12-22)21-39-19-23-5-2-8-26(15-23)33(35,36)37/h2-16,18,30-31,39-40H,17,19-21,38H2,1H3/t30-,31+/m0/s1. The minimum absolute atomic E-state index is 0.0218. The molecule has 0 heterocycles. The number of hydrogen-bond donors (Lipinski definition) is 3. The Hall–Kier alpha value is -4.30. The van der Waals surface area contributed by atoms with Gasteiger partial charge >= 0.3 is 12.1 Å². The highest BCUT2D eigenvalue weighted by Crippen LogP contribution is 2.29. The largest absolute Gasteiger partial charge is 0.497 e. The number of nitrogens with two attached hydrogens (primary N) is 1. The average molecular weight is 660 g/mol. The van der Waals surface area contributed by atoms with E-state index in [9.17, 15) is 30.8 Å². The molecule has 0 unspecified atom stereocenters. The molecule has 0 saturated heterocycles. The van der Waals surface area contributed by atoms with Gasteiger partial charge in [-0.15, -0.1) is 0 Å². The van der Waals surface area contributed by atoms with Crippen molar-refractivity contribution in [1.29, 1.82) is 0 Å². The minimum atomic E-state index is -4.50. The van der Waals surface area contributed by atoms with E-state index in [-0.39, 0.29) is 36.5 Å². The molecule has 0 bridgehead atoms. The summed E-state index contributed by atoms with van der Waals surface area (Å²) in [5.74, 6) is -0.723. The lowest BCUT2D eigenvalue weighted by Crippen LogP contribution is -2.46. The topological polar surface area (TPSA) is 120 Å². The third kappa shape index (κ3) is 9.85. The molecule has 4 rings (SSSR count). The van der Waals surface area contributed by atoms with Crippen LogP contribution < -0.4 is 20.5 Å². The molecule has 0 aromatic heterocycles. The highest BCUT2D eigenvalue weighted by atomic mass is 32.2. The summed E-state index contributed by atoms with van der Waals surface area (Å²) in [7, 11) is -2.53. The number of alkyl halides is 3. The minimum Gasteiger partial charge on any atom is -0.497 e. The van der Waals surface area contributed by atoms with Crippen LogP contribution in [0.1, 0.15) is 32.6 Å². The summed E-state index contributed by atoms with van der Waals surface area (Å²) in [5, 5.41) is 2.99. The number of nitrogens with one attached hydrogen (secondary N) is 2. The molecule has 46 heavy (non-hydrogen) atoms. The third-order valence-electron chi connectivity index (χ3n) is 7.03. The van der Waals surface area contributed by atoms with E-state index >= 15 is 0 Å². The number of carbonyl (C=O) groups is 1. The second-order valence-electron chi connectivity index (χ2n) is 10.5. The van der Waals surface area contributed by atoms with E-state index in [4.69, 9.17) is 15.2 Å². The zero-order chi connectivity index (χ0) is 33.3. The highest BCUT2D eigenvalue weighted by molar-refractivity contribution is 7.89. The number of carbonyl (C=O) groups excluding carboxylic acids is 1. The molecule has 0 saturated carbocycles. The fourth-order valence-electron chi connectivity index (χ4n) is 4.56. The van der Waals surface area contributed by atoms with Crippen molar-refractivity contribution in [3.05, 3.63) is 131 Å². The van der Waals surface area contributed by atoms with E-state index in [0.717, 1.165) is 12.1 Å². The smallest absolute Gasteiger partial charge is 0.416 e. The molecular formula is C33H33F4N3O5S. The second kappa shape index (κ2) is 15.3. The van der Waals surface area contributed by atoms with E-state index in [1.54, 1.807) is 24.3 Å². The van der Waals surface area contributed by atoms with Gasteiger partial charge in [0.2, 0.25) is 10.0 Å². The van der Waals surface area contributed by atoms with E-state index in [0.29, 0.717) is 22.4 Å². The average Bonchev–Trinajstić information content (AvgIpc) is 3.04. The molecule has 2 atom stereocenters. The van der Waals surface area contributed by atoms with Gasteiger partial charge < -0.3 is 20.5 Å². The van der Waals surface area contributed by atoms with E-state index in [2.05, 4.69) is 10.0 Å². The Morgan fingerprint density at radius 2 is 1.54 bits per heavy atom. The van der Waals surface area contributed by atoms with E-state index < -0.39 is 45.7 Å². The molecule has 4 aromatic rings. The summed E-state index contributed by atoms with van der Waals surface area (Å²) >= 11 is 0. The van der Waals surface area contributed by atoms with Gasteiger partial charge in [0.1, 0.15) is 17.7 Å². The monoisotopic (exact) mass is 659 g/mol. The molecule has 4 N–H and O–H groups in total. The number of ether oxygens (including phenoxy) is 2. The summed E-state index contributed by atoms with van der Waals surface area (Å²) in [4.78, 5) is 13.1. The molecule has 0 spiro atoms. The fraction of sp³-hybridized carbons (Fsp3) is 0.242. The molecule has 8 nitrogen and oxygen atoms in total. The van der Waals surface area contributed by atoms with Crippen molar-refractivity contribution in [2.45, 2.75) is 42.7 Å². The van der Waals surface area contributed by atoms with Gasteiger partial charge in [-0.1, -0.05) is 48.5 Å². The van der Waals surface area contributed by atoms with Gasteiger partial charge in [0, 0.05) is 25.7 Å². The zero-order valence-corrected chi connectivity index (χ0v) is 25.6. The zero-order valence-electron chi connectivity index (χ0n) is 24.8. The molecule has 4 aromatic carbocycles. The fourth-order valence-corrected chi connectivity index (χ4v) is 5.62. The van der Waals surface area contributed by atoms with Crippen LogP contribution in [0.4, 0.5) is 17.6 Å². The Labute approximate surface area is 264 Å². The van der Waals surface area contributed by atoms with Crippen molar-refractivity contribution >= 4 is 16.0 Å². The Morgan fingerprint density at radius 3 is 2.24 bits per heavy atom. The molecule has 13 heteroatoms. The Kier molecular flexibility index (Phi) is 11.5. The number of methoxy groups -OCH3 is 1. The van der Waals surface area contributed by atoms with E-state index in [1.807, 2.05) is 0 Å². The quantitative estimate of drug-likeness (QED) is 0.126. The summed E-state index contributed by atoms with van der Waals surface area (Å²) in [5.41, 5.74) is 7.25. The van der Waals surface area contributed by atoms with Gasteiger partial charge in [-0.3, -0.25) is 0 Å². The normalized spacial score (nSPS) is 13.2. The first-order valence-corrected chi connectivity index (χ1v) is 15.6. The molecule has 244 valence electrons. The van der Waals surface area contributed by atoms with E-state index in [1.165, 1.54) is 67.8 Å². The number of esters is 1. The molecule has 0 amide bonds. The summed E-state index contributed by atoms with van der Waals surface area (Å²) in [6.45, 7) is -0.0373. The Morgan fingerprint density at radius 1 is 0.870 bits per heavy atom. The Balaban J connectivity index is 1.47. The molecule has 0 fully saturated rings. The third-order valence-corrected chi connectivity index (χ3v) is 8.43. The van der Waals surface area contributed by atoms with Crippen LogP contribution in [-0.4, -0.2) is 40.2 Å². The molecule has 0 radical (unpaired) electrons. The molecule has 0 aliphatic rings. The van der Waals surface area contributed by atoms with Crippen LogP contribution in [-0.2, 0) is 40.4 Å². The maximum atomic E-state index is 13.4. The molecule has 0 aliphatic heterocycles. The first-order valence-electron chi connectivity index (χ1n) is 14.1. The number of benzene rings is 4. The first-order chi connectivity index (χ1) is 21.8. The Bertz CT molecular complexity index is 1730. The lowest BCUT2D eigenvalue weighted by atomic mass is 10.0. The van der Waals surface area contributed by atoms with Crippen LogP contribution in [0.2, 0.25) is 0 Å². The van der Waals surface area contributed by atoms with Crippen LogP contribution in [0.3, 0.4) is 0 Å². The number of halogens is 4. The van der Waals surface area contributed by atoms with Gasteiger partial charge in [-0.25, -0.2) is 22.3 Å². The lowest BCUT2D eigenvalue weighted by Gasteiger charge is -2.25. The number of sulfonamides is 1. The van der Waals surface area contributed by atoms with Crippen molar-refractivity contribution < 1.29 is 40.2 Å². The molecule has 0 aliphatic carbocycles. The predicted octanol–water partition coefficient (Wildman–Crippen LogP) is 5.22.